The molecule has 1 aliphatic rings. The highest BCUT2D eigenvalue weighted by atomic mass is 16.3. The van der Waals surface area contributed by atoms with Gasteiger partial charge in [0.2, 0.25) is 0 Å². The molecule has 1 saturated heterocycles. The Labute approximate surface area is 93.9 Å². The highest BCUT2D eigenvalue weighted by Gasteiger charge is 2.30. The average molecular weight is 214 g/mol. The summed E-state index contributed by atoms with van der Waals surface area (Å²) in [5, 5.41) is 12.6. The van der Waals surface area contributed by atoms with Gasteiger partial charge in [0.1, 0.15) is 0 Å². The lowest BCUT2D eigenvalue weighted by Crippen LogP contribution is -2.47. The van der Waals surface area contributed by atoms with E-state index in [9.17, 15) is 5.11 Å². The van der Waals surface area contributed by atoms with E-state index in [-0.39, 0.29) is 12.6 Å². The number of nitrogens with zero attached hydrogens (tertiary/aromatic N) is 1. The van der Waals surface area contributed by atoms with E-state index in [4.69, 9.17) is 0 Å². The quantitative estimate of drug-likeness (QED) is 0.698. The highest BCUT2D eigenvalue weighted by molar-refractivity contribution is 4.87. The van der Waals surface area contributed by atoms with Gasteiger partial charge >= 0.3 is 0 Å². The summed E-state index contributed by atoms with van der Waals surface area (Å²) < 4.78 is 0. The molecule has 0 aromatic rings. The fraction of sp³-hybridized carbons (Fsp3) is 1.00. The first kappa shape index (κ1) is 12.9. The Bertz CT molecular complexity index is 175. The van der Waals surface area contributed by atoms with Gasteiger partial charge in [-0.15, -0.1) is 0 Å². The lowest BCUT2D eigenvalue weighted by atomic mass is 10.1. The molecule has 3 atom stereocenters. The van der Waals surface area contributed by atoms with Crippen LogP contribution in [-0.2, 0) is 0 Å². The molecule has 1 fully saturated rings. The lowest BCUT2D eigenvalue weighted by molar-refractivity contribution is 0.144. The first-order chi connectivity index (χ1) is 7.22. The van der Waals surface area contributed by atoms with Crippen LogP contribution in [0.15, 0.2) is 0 Å². The second-order valence-electron chi connectivity index (χ2n) is 4.62. The summed E-state index contributed by atoms with van der Waals surface area (Å²) in [5.41, 5.74) is 0. The molecule has 1 aliphatic heterocycles. The number of aliphatic hydroxyl groups is 1. The number of hydrogen-bond donors (Lipinski definition) is 2. The van der Waals surface area contributed by atoms with Crippen LogP contribution in [0.4, 0.5) is 0 Å². The molecule has 90 valence electrons. The fourth-order valence-electron chi connectivity index (χ4n) is 2.62. The van der Waals surface area contributed by atoms with Crippen molar-refractivity contribution in [1.82, 2.24) is 10.2 Å². The summed E-state index contributed by atoms with van der Waals surface area (Å²) in [6.07, 6.45) is 3.86. The minimum absolute atomic E-state index is 0.240. The van der Waals surface area contributed by atoms with Gasteiger partial charge in [0, 0.05) is 24.7 Å². The summed E-state index contributed by atoms with van der Waals surface area (Å²) in [7, 11) is 0. The maximum atomic E-state index is 9.27. The van der Waals surface area contributed by atoms with E-state index in [0.29, 0.717) is 6.04 Å². The Balaban J connectivity index is 2.45. The molecule has 0 bridgehead atoms. The van der Waals surface area contributed by atoms with E-state index in [2.05, 4.69) is 31.0 Å². The third-order valence-electron chi connectivity index (χ3n) is 3.57. The number of likely N-dealkylation sites (N-methyl/N-ethyl adjacent to an activating group) is 1. The molecule has 0 aromatic carbocycles. The largest absolute Gasteiger partial charge is 0.395 e. The molecule has 3 heteroatoms. The van der Waals surface area contributed by atoms with Gasteiger partial charge in [-0.2, -0.15) is 0 Å². The van der Waals surface area contributed by atoms with E-state index >= 15 is 0 Å². The zero-order valence-electron chi connectivity index (χ0n) is 10.4. The molecule has 0 amide bonds. The molecule has 0 aliphatic carbocycles. The molecule has 0 radical (unpaired) electrons. The molecule has 3 nitrogen and oxygen atoms in total. The van der Waals surface area contributed by atoms with Gasteiger partial charge in [0.15, 0.2) is 0 Å². The van der Waals surface area contributed by atoms with Gasteiger partial charge in [-0.25, -0.2) is 0 Å². The van der Waals surface area contributed by atoms with Crippen molar-refractivity contribution in [1.29, 1.82) is 0 Å². The molecule has 1 rings (SSSR count). The number of rotatable bonds is 6. The van der Waals surface area contributed by atoms with Crippen molar-refractivity contribution < 1.29 is 5.11 Å². The molecule has 0 spiro atoms. The number of likely N-dealkylation sites (tertiary alicyclic amines) is 1. The second kappa shape index (κ2) is 6.46. The number of hydrogen-bond acceptors (Lipinski definition) is 3. The minimum atomic E-state index is 0.240. The van der Waals surface area contributed by atoms with Gasteiger partial charge in [-0.3, -0.25) is 4.90 Å². The zero-order valence-corrected chi connectivity index (χ0v) is 10.4. The van der Waals surface area contributed by atoms with Crippen LogP contribution in [0, 0.1) is 0 Å². The molecular formula is C12H26N2O. The Morgan fingerprint density at radius 2 is 2.13 bits per heavy atom. The molecular weight excluding hydrogens is 188 g/mol. The zero-order chi connectivity index (χ0) is 11.3. The van der Waals surface area contributed by atoms with E-state index in [0.717, 1.165) is 19.1 Å². The van der Waals surface area contributed by atoms with E-state index in [1.807, 2.05) is 0 Å². The molecule has 0 aromatic heterocycles. The van der Waals surface area contributed by atoms with E-state index < -0.39 is 0 Å². The third kappa shape index (κ3) is 3.44. The molecule has 1 heterocycles. The smallest absolute Gasteiger partial charge is 0.0597 e. The van der Waals surface area contributed by atoms with Crippen LogP contribution >= 0.6 is 0 Å². The van der Waals surface area contributed by atoms with Crippen molar-refractivity contribution in [2.75, 3.05) is 19.7 Å². The summed E-state index contributed by atoms with van der Waals surface area (Å²) in [4.78, 5) is 2.56. The summed E-state index contributed by atoms with van der Waals surface area (Å²) >= 11 is 0. The van der Waals surface area contributed by atoms with Gasteiger partial charge in [0.25, 0.3) is 0 Å². The van der Waals surface area contributed by atoms with Gasteiger partial charge < -0.3 is 10.4 Å². The van der Waals surface area contributed by atoms with E-state index in [1.165, 1.54) is 19.3 Å². The highest BCUT2D eigenvalue weighted by Crippen LogP contribution is 2.25. The van der Waals surface area contributed by atoms with Crippen LogP contribution < -0.4 is 5.32 Å². The third-order valence-corrected chi connectivity index (χ3v) is 3.57. The van der Waals surface area contributed by atoms with Gasteiger partial charge in [-0.05, 0) is 32.7 Å². The van der Waals surface area contributed by atoms with E-state index in [1.54, 1.807) is 0 Å². The van der Waals surface area contributed by atoms with Crippen LogP contribution in [-0.4, -0.2) is 47.8 Å². The Morgan fingerprint density at radius 3 is 2.67 bits per heavy atom. The van der Waals surface area contributed by atoms with Crippen LogP contribution in [0.25, 0.3) is 0 Å². The molecule has 2 N–H and O–H groups in total. The monoisotopic (exact) mass is 214 g/mol. The Kier molecular flexibility index (Phi) is 5.58. The topological polar surface area (TPSA) is 35.5 Å². The van der Waals surface area contributed by atoms with Crippen molar-refractivity contribution in [3.63, 3.8) is 0 Å². The van der Waals surface area contributed by atoms with Crippen LogP contribution in [0.1, 0.15) is 40.0 Å². The van der Waals surface area contributed by atoms with Crippen molar-refractivity contribution in [2.24, 2.45) is 0 Å². The Hall–Kier alpha value is -0.120. The second-order valence-corrected chi connectivity index (χ2v) is 4.62. The van der Waals surface area contributed by atoms with Crippen LogP contribution in [0.5, 0.6) is 0 Å². The maximum absolute atomic E-state index is 9.27. The predicted molar refractivity (Wildman–Crippen MR) is 64.0 cm³/mol. The van der Waals surface area contributed by atoms with Crippen molar-refractivity contribution in [2.45, 2.75) is 58.2 Å². The number of aliphatic hydroxyl groups excluding tert-OH is 1. The fourth-order valence-corrected chi connectivity index (χ4v) is 2.62. The molecule has 15 heavy (non-hydrogen) atoms. The van der Waals surface area contributed by atoms with Gasteiger partial charge in [0.05, 0.1) is 6.61 Å². The summed E-state index contributed by atoms with van der Waals surface area (Å²) in [5.74, 6) is 0. The van der Waals surface area contributed by atoms with Crippen molar-refractivity contribution in [3.05, 3.63) is 0 Å². The van der Waals surface area contributed by atoms with Crippen LogP contribution in [0.3, 0.4) is 0 Å². The predicted octanol–water partition coefficient (Wildman–Crippen LogP) is 1.22. The summed E-state index contributed by atoms with van der Waals surface area (Å²) in [6, 6.07) is 1.65. The van der Waals surface area contributed by atoms with Crippen molar-refractivity contribution in [3.8, 4) is 0 Å². The van der Waals surface area contributed by atoms with Crippen LogP contribution in [0.2, 0.25) is 0 Å². The normalized spacial score (nSPS) is 29.6. The first-order valence-corrected chi connectivity index (χ1v) is 6.32. The molecule has 0 saturated carbocycles. The SMILES string of the molecule is CCNC(CO)CN1C(C)CCC1CC. The minimum Gasteiger partial charge on any atom is -0.395 e. The van der Waals surface area contributed by atoms with Crippen molar-refractivity contribution >= 4 is 0 Å². The standard InChI is InChI=1S/C12H26N2O/c1-4-12-7-6-10(3)14(12)8-11(9-15)13-5-2/h10-13,15H,4-9H2,1-3H3. The summed E-state index contributed by atoms with van der Waals surface area (Å²) in [6.45, 7) is 8.82. The average Bonchev–Trinajstić information content (AvgIpc) is 2.59. The lowest BCUT2D eigenvalue weighted by Gasteiger charge is -2.31. The molecule has 3 unspecified atom stereocenters. The first-order valence-electron chi connectivity index (χ1n) is 6.32. The number of nitrogens with one attached hydrogen (secondary N) is 1. The van der Waals surface area contributed by atoms with Gasteiger partial charge in [-0.1, -0.05) is 13.8 Å². The Morgan fingerprint density at radius 1 is 1.40 bits per heavy atom. The maximum Gasteiger partial charge on any atom is 0.0597 e.